The number of hydrogen-bond acceptors (Lipinski definition) is 1. The van der Waals surface area contributed by atoms with Gasteiger partial charge in [-0.05, 0) is 48.8 Å². The molecule has 16 heavy (non-hydrogen) atoms. The molecule has 1 fully saturated rings. The van der Waals surface area contributed by atoms with Gasteiger partial charge >= 0.3 is 5.97 Å². The van der Waals surface area contributed by atoms with Crippen LogP contribution in [0.1, 0.15) is 42.7 Å². The molecule has 1 N–H and O–H groups in total. The number of aryl methyl sites for hydroxylation is 1. The molecule has 1 aliphatic carbocycles. The van der Waals surface area contributed by atoms with Crippen LogP contribution in [0.25, 0.3) is 0 Å². The van der Waals surface area contributed by atoms with E-state index in [0.717, 1.165) is 12.3 Å². The Morgan fingerprint density at radius 2 is 2.19 bits per heavy atom. The summed E-state index contributed by atoms with van der Waals surface area (Å²) >= 11 is 3.59. The number of carbonyl (C=O) groups is 1. The minimum Gasteiger partial charge on any atom is -0.481 e. The van der Waals surface area contributed by atoms with E-state index in [-0.39, 0.29) is 6.42 Å². The van der Waals surface area contributed by atoms with E-state index in [1.807, 2.05) is 0 Å². The van der Waals surface area contributed by atoms with Crippen molar-refractivity contribution in [3.05, 3.63) is 33.8 Å². The van der Waals surface area contributed by atoms with Crippen LogP contribution in [0.3, 0.4) is 0 Å². The van der Waals surface area contributed by atoms with Crippen LogP contribution in [0.2, 0.25) is 0 Å². The fraction of sp³-hybridized carbons (Fsp3) is 0.462. The number of hydrogen-bond donors (Lipinski definition) is 1. The highest BCUT2D eigenvalue weighted by molar-refractivity contribution is 9.10. The van der Waals surface area contributed by atoms with Crippen LogP contribution in [-0.4, -0.2) is 11.1 Å². The maximum absolute atomic E-state index is 10.4. The van der Waals surface area contributed by atoms with Crippen molar-refractivity contribution < 1.29 is 9.90 Å². The number of rotatable bonds is 5. The molecule has 1 aromatic carbocycles. The molecule has 0 unspecified atom stereocenters. The van der Waals surface area contributed by atoms with Gasteiger partial charge in [0.15, 0.2) is 0 Å². The van der Waals surface area contributed by atoms with E-state index in [9.17, 15) is 4.79 Å². The van der Waals surface area contributed by atoms with E-state index in [2.05, 4.69) is 34.1 Å². The Balaban J connectivity index is 1.95. The van der Waals surface area contributed by atoms with Crippen molar-refractivity contribution in [2.75, 3.05) is 0 Å². The predicted molar refractivity (Wildman–Crippen MR) is 66.7 cm³/mol. The summed E-state index contributed by atoms with van der Waals surface area (Å²) in [6.45, 7) is 0. The molecular formula is C13H15BrO2. The molecule has 0 amide bonds. The third-order valence-corrected chi connectivity index (χ3v) is 3.62. The van der Waals surface area contributed by atoms with Crippen molar-refractivity contribution >= 4 is 21.9 Å². The van der Waals surface area contributed by atoms with Crippen LogP contribution in [0.5, 0.6) is 0 Å². The van der Waals surface area contributed by atoms with Crippen LogP contribution in [0, 0.1) is 0 Å². The lowest BCUT2D eigenvalue weighted by atomic mass is 10.0. The highest BCUT2D eigenvalue weighted by atomic mass is 79.9. The number of halogens is 1. The normalized spacial score (nSPS) is 15.1. The summed E-state index contributed by atoms with van der Waals surface area (Å²) in [5.74, 6) is 0.0381. The summed E-state index contributed by atoms with van der Waals surface area (Å²) in [5, 5.41) is 8.56. The first-order chi connectivity index (χ1) is 7.66. The molecule has 86 valence electrons. The molecule has 1 saturated carbocycles. The highest BCUT2D eigenvalue weighted by Crippen LogP contribution is 2.43. The predicted octanol–water partition coefficient (Wildman–Crippen LogP) is 3.73. The van der Waals surface area contributed by atoms with Gasteiger partial charge in [-0.25, -0.2) is 0 Å². The first kappa shape index (κ1) is 11.6. The second-order valence-corrected chi connectivity index (χ2v) is 5.23. The summed E-state index contributed by atoms with van der Waals surface area (Å²) in [4.78, 5) is 10.4. The maximum Gasteiger partial charge on any atom is 0.303 e. The third-order valence-electron chi connectivity index (χ3n) is 2.94. The van der Waals surface area contributed by atoms with Gasteiger partial charge in [-0.2, -0.15) is 0 Å². The first-order valence-electron chi connectivity index (χ1n) is 5.67. The molecule has 0 heterocycles. The van der Waals surface area contributed by atoms with Gasteiger partial charge in [-0.1, -0.05) is 28.1 Å². The lowest BCUT2D eigenvalue weighted by Crippen LogP contribution is -1.96. The van der Waals surface area contributed by atoms with Crippen molar-refractivity contribution in [2.24, 2.45) is 0 Å². The average molecular weight is 283 g/mol. The van der Waals surface area contributed by atoms with Crippen LogP contribution >= 0.6 is 15.9 Å². The Kier molecular flexibility index (Phi) is 3.64. The zero-order valence-electron chi connectivity index (χ0n) is 9.08. The minimum atomic E-state index is -0.714. The van der Waals surface area contributed by atoms with Gasteiger partial charge in [0.2, 0.25) is 0 Å². The van der Waals surface area contributed by atoms with E-state index in [0.29, 0.717) is 6.42 Å². The molecule has 1 aromatic rings. The topological polar surface area (TPSA) is 37.3 Å². The van der Waals surface area contributed by atoms with Gasteiger partial charge in [0.05, 0.1) is 0 Å². The van der Waals surface area contributed by atoms with Gasteiger partial charge in [-0.15, -0.1) is 0 Å². The Labute approximate surface area is 104 Å². The molecule has 0 saturated heterocycles. The second kappa shape index (κ2) is 5.00. The molecule has 0 bridgehead atoms. The van der Waals surface area contributed by atoms with Crippen molar-refractivity contribution in [1.82, 2.24) is 0 Å². The molecule has 2 nitrogen and oxygen atoms in total. The monoisotopic (exact) mass is 282 g/mol. The fourth-order valence-corrected chi connectivity index (χ4v) is 2.65. The lowest BCUT2D eigenvalue weighted by Gasteiger charge is -2.05. The standard InChI is InChI=1S/C13H15BrO2/c14-12-8-9(2-1-3-13(15)16)4-7-11(12)10-5-6-10/h4,7-8,10H,1-3,5-6H2,(H,15,16). The zero-order valence-corrected chi connectivity index (χ0v) is 10.7. The van der Waals surface area contributed by atoms with Crippen molar-refractivity contribution in [3.63, 3.8) is 0 Å². The fourth-order valence-electron chi connectivity index (χ4n) is 1.90. The number of benzene rings is 1. The third kappa shape index (κ3) is 3.08. The Bertz CT molecular complexity index is 397. The van der Waals surface area contributed by atoms with E-state index >= 15 is 0 Å². The van der Waals surface area contributed by atoms with Gasteiger partial charge < -0.3 is 5.11 Å². The average Bonchev–Trinajstić information content (AvgIpc) is 3.01. The second-order valence-electron chi connectivity index (χ2n) is 4.38. The van der Waals surface area contributed by atoms with Crippen molar-refractivity contribution in [3.8, 4) is 0 Å². The maximum atomic E-state index is 10.4. The quantitative estimate of drug-likeness (QED) is 0.894. The number of carboxylic acid groups (broad SMARTS) is 1. The smallest absolute Gasteiger partial charge is 0.303 e. The summed E-state index contributed by atoms with van der Waals surface area (Å²) in [5.41, 5.74) is 2.62. The molecular weight excluding hydrogens is 268 g/mol. The molecule has 0 spiro atoms. The summed E-state index contributed by atoms with van der Waals surface area (Å²) in [7, 11) is 0. The molecule has 2 rings (SSSR count). The summed E-state index contributed by atoms with van der Waals surface area (Å²) < 4.78 is 1.18. The van der Waals surface area contributed by atoms with Crippen molar-refractivity contribution in [2.45, 2.75) is 38.0 Å². The van der Waals surface area contributed by atoms with Gasteiger partial charge in [0.25, 0.3) is 0 Å². The highest BCUT2D eigenvalue weighted by Gasteiger charge is 2.25. The van der Waals surface area contributed by atoms with Crippen LogP contribution in [-0.2, 0) is 11.2 Å². The minimum absolute atomic E-state index is 0.252. The summed E-state index contributed by atoms with van der Waals surface area (Å²) in [6.07, 6.45) is 4.41. The molecule has 0 atom stereocenters. The Hall–Kier alpha value is -0.830. The molecule has 3 heteroatoms. The molecule has 0 aliphatic heterocycles. The van der Waals surface area contributed by atoms with E-state index < -0.39 is 5.97 Å². The lowest BCUT2D eigenvalue weighted by molar-refractivity contribution is -0.137. The van der Waals surface area contributed by atoms with Crippen LogP contribution in [0.15, 0.2) is 22.7 Å². The first-order valence-corrected chi connectivity index (χ1v) is 6.46. The summed E-state index contributed by atoms with van der Waals surface area (Å²) in [6, 6.07) is 6.44. The molecule has 0 aromatic heterocycles. The van der Waals surface area contributed by atoms with Gasteiger partial charge in [-0.3, -0.25) is 4.79 Å². The number of aliphatic carboxylic acids is 1. The number of carboxylic acids is 1. The SMILES string of the molecule is O=C(O)CCCc1ccc(C2CC2)c(Br)c1. The molecule has 1 aliphatic rings. The van der Waals surface area contributed by atoms with Gasteiger partial charge in [0, 0.05) is 10.9 Å². The Morgan fingerprint density at radius 1 is 1.44 bits per heavy atom. The van der Waals surface area contributed by atoms with Crippen LogP contribution in [0.4, 0.5) is 0 Å². The largest absolute Gasteiger partial charge is 0.481 e. The van der Waals surface area contributed by atoms with E-state index in [1.54, 1.807) is 0 Å². The van der Waals surface area contributed by atoms with E-state index in [4.69, 9.17) is 5.11 Å². The van der Waals surface area contributed by atoms with Gasteiger partial charge in [0.1, 0.15) is 0 Å². The van der Waals surface area contributed by atoms with E-state index in [1.165, 1.54) is 28.4 Å². The zero-order chi connectivity index (χ0) is 11.5. The molecule has 0 radical (unpaired) electrons. The van der Waals surface area contributed by atoms with Crippen LogP contribution < -0.4 is 0 Å². The Morgan fingerprint density at radius 3 is 2.75 bits per heavy atom. The van der Waals surface area contributed by atoms with Crippen molar-refractivity contribution in [1.29, 1.82) is 0 Å².